The summed E-state index contributed by atoms with van der Waals surface area (Å²) >= 11 is 11.8. The number of fused-ring (bicyclic) bond motifs is 3. The van der Waals surface area contributed by atoms with Gasteiger partial charge in [-0.25, -0.2) is 0 Å². The number of benzene rings is 1. The van der Waals surface area contributed by atoms with Crippen molar-refractivity contribution in [1.29, 1.82) is 0 Å². The highest BCUT2D eigenvalue weighted by atomic mass is 35.5. The van der Waals surface area contributed by atoms with E-state index in [0.29, 0.717) is 10.8 Å². The summed E-state index contributed by atoms with van der Waals surface area (Å²) in [5, 5.41) is 1.61. The van der Waals surface area contributed by atoms with Crippen LogP contribution in [0.2, 0.25) is 10.0 Å². The zero-order chi connectivity index (χ0) is 18.9. The monoisotopic (exact) mass is 406 g/mol. The molecule has 3 unspecified atom stereocenters. The Morgan fingerprint density at radius 1 is 1.15 bits per heavy atom. The van der Waals surface area contributed by atoms with Crippen LogP contribution in [0.1, 0.15) is 12.8 Å². The molecular formula is C19H16Cl2N2O4. The SMILES string of the molecule is O=C(COc1ccc(Cl)cc1Cl)NN1C(=O)C2C3C=CC([C@@H]2C1=O)C31CC1. The van der Waals surface area contributed by atoms with Crippen molar-refractivity contribution in [2.75, 3.05) is 6.61 Å². The maximum absolute atomic E-state index is 12.8. The summed E-state index contributed by atoms with van der Waals surface area (Å²) < 4.78 is 5.36. The molecule has 4 aliphatic rings. The van der Waals surface area contributed by atoms with Gasteiger partial charge in [0.1, 0.15) is 5.75 Å². The van der Waals surface area contributed by atoms with Crippen LogP contribution in [0.15, 0.2) is 30.4 Å². The summed E-state index contributed by atoms with van der Waals surface area (Å²) in [6.07, 6.45) is 6.32. The van der Waals surface area contributed by atoms with Crippen LogP contribution in [0.4, 0.5) is 0 Å². The number of nitrogens with zero attached hydrogens (tertiary/aromatic N) is 1. The molecule has 1 aliphatic heterocycles. The first-order chi connectivity index (χ1) is 12.9. The van der Waals surface area contributed by atoms with Crippen LogP contribution in [-0.4, -0.2) is 29.3 Å². The zero-order valence-electron chi connectivity index (χ0n) is 14.2. The summed E-state index contributed by atoms with van der Waals surface area (Å²) in [6, 6.07) is 4.64. The smallest absolute Gasteiger partial charge is 0.276 e. The molecule has 2 saturated carbocycles. The van der Waals surface area contributed by atoms with Gasteiger partial charge in [0.2, 0.25) is 0 Å². The first-order valence-corrected chi connectivity index (χ1v) is 9.61. The third-order valence-electron chi connectivity index (χ3n) is 6.34. The molecule has 27 heavy (non-hydrogen) atoms. The van der Waals surface area contributed by atoms with E-state index in [1.807, 2.05) is 0 Å². The molecule has 140 valence electrons. The van der Waals surface area contributed by atoms with Gasteiger partial charge < -0.3 is 4.74 Å². The molecule has 1 heterocycles. The van der Waals surface area contributed by atoms with Gasteiger partial charge in [-0.3, -0.25) is 19.8 Å². The van der Waals surface area contributed by atoms with Crippen LogP contribution in [0.3, 0.4) is 0 Å². The second kappa shape index (κ2) is 5.72. The Kier molecular flexibility index (Phi) is 3.62. The number of hydrazine groups is 1. The Balaban J connectivity index is 1.25. The maximum atomic E-state index is 12.8. The third kappa shape index (κ3) is 2.36. The Morgan fingerprint density at radius 2 is 1.78 bits per heavy atom. The van der Waals surface area contributed by atoms with Crippen LogP contribution in [0.25, 0.3) is 0 Å². The number of halogens is 2. The second-order valence-electron chi connectivity index (χ2n) is 7.63. The van der Waals surface area contributed by atoms with Gasteiger partial charge in [-0.2, -0.15) is 5.01 Å². The van der Waals surface area contributed by atoms with Crippen molar-refractivity contribution in [3.8, 4) is 5.75 Å². The molecule has 1 N–H and O–H groups in total. The van der Waals surface area contributed by atoms with Crippen molar-refractivity contribution in [2.24, 2.45) is 29.1 Å². The number of hydrogen-bond acceptors (Lipinski definition) is 4. The van der Waals surface area contributed by atoms with Gasteiger partial charge in [-0.1, -0.05) is 35.4 Å². The third-order valence-corrected chi connectivity index (χ3v) is 6.87. The van der Waals surface area contributed by atoms with Crippen LogP contribution in [0.5, 0.6) is 5.75 Å². The average Bonchev–Trinajstić information content (AvgIpc) is 3.24. The standard InChI is InChI=1S/C19H16Cl2N2O4/c20-9-1-4-13(12(21)7-9)27-8-14(24)22-23-17(25)15-10-2-3-11(16(15)18(23)26)19(10)5-6-19/h1-4,7,10-11,15-16H,5-6,8H2,(H,22,24)/t10?,11?,15-,16?/m0/s1. The number of hydrogen-bond donors (Lipinski definition) is 1. The minimum absolute atomic E-state index is 0.120. The van der Waals surface area contributed by atoms with Gasteiger partial charge in [-0.15, -0.1) is 0 Å². The van der Waals surface area contributed by atoms with Crippen LogP contribution in [-0.2, 0) is 14.4 Å². The lowest BCUT2D eigenvalue weighted by Gasteiger charge is -2.22. The number of nitrogens with one attached hydrogen (secondary N) is 1. The molecule has 5 rings (SSSR count). The Labute approximate surface area is 165 Å². The Hall–Kier alpha value is -2.05. The highest BCUT2D eigenvalue weighted by Gasteiger charge is 2.73. The Morgan fingerprint density at radius 3 is 2.33 bits per heavy atom. The predicted octanol–water partition coefficient (Wildman–Crippen LogP) is 2.60. The maximum Gasteiger partial charge on any atom is 0.276 e. The van der Waals surface area contributed by atoms with Crippen molar-refractivity contribution in [2.45, 2.75) is 12.8 Å². The molecule has 3 amide bonds. The summed E-state index contributed by atoms with van der Waals surface area (Å²) in [4.78, 5) is 37.8. The van der Waals surface area contributed by atoms with Crippen molar-refractivity contribution in [3.63, 3.8) is 0 Å². The topological polar surface area (TPSA) is 75.7 Å². The molecule has 1 saturated heterocycles. The average molecular weight is 407 g/mol. The number of rotatable bonds is 4. The lowest BCUT2D eigenvalue weighted by atomic mass is 9.85. The fourth-order valence-corrected chi connectivity index (χ4v) is 5.54. The molecule has 8 heteroatoms. The lowest BCUT2D eigenvalue weighted by molar-refractivity contribution is -0.150. The van der Waals surface area contributed by atoms with E-state index in [2.05, 4.69) is 17.6 Å². The lowest BCUT2D eigenvalue weighted by Crippen LogP contribution is -2.49. The number of carbonyl (C=O) groups is 3. The number of carbonyl (C=O) groups excluding carboxylic acids is 3. The van der Waals surface area contributed by atoms with E-state index in [0.717, 1.165) is 17.9 Å². The summed E-state index contributed by atoms with van der Waals surface area (Å²) in [7, 11) is 0. The van der Waals surface area contributed by atoms with Crippen molar-refractivity contribution < 1.29 is 19.1 Å². The van der Waals surface area contributed by atoms with Gasteiger partial charge in [0.15, 0.2) is 6.61 Å². The van der Waals surface area contributed by atoms with E-state index >= 15 is 0 Å². The van der Waals surface area contributed by atoms with Crippen molar-refractivity contribution in [3.05, 3.63) is 40.4 Å². The van der Waals surface area contributed by atoms with Crippen molar-refractivity contribution >= 4 is 40.9 Å². The molecule has 1 aromatic carbocycles. The van der Waals surface area contributed by atoms with E-state index < -0.39 is 5.91 Å². The summed E-state index contributed by atoms with van der Waals surface area (Å²) in [5.41, 5.74) is 2.53. The van der Waals surface area contributed by atoms with E-state index in [4.69, 9.17) is 27.9 Å². The molecule has 2 bridgehead atoms. The number of amides is 3. The van der Waals surface area contributed by atoms with Crippen molar-refractivity contribution in [1.82, 2.24) is 10.4 Å². The van der Waals surface area contributed by atoms with Crippen LogP contribution >= 0.6 is 23.2 Å². The van der Waals surface area contributed by atoms with E-state index in [1.54, 1.807) is 12.1 Å². The van der Waals surface area contributed by atoms with Crippen LogP contribution in [0, 0.1) is 29.1 Å². The zero-order valence-corrected chi connectivity index (χ0v) is 15.7. The minimum Gasteiger partial charge on any atom is -0.482 e. The predicted molar refractivity (Wildman–Crippen MR) is 96.7 cm³/mol. The van der Waals surface area contributed by atoms with Gasteiger partial charge in [0.25, 0.3) is 17.7 Å². The number of allylic oxidation sites excluding steroid dienone is 2. The van der Waals surface area contributed by atoms with E-state index in [9.17, 15) is 14.4 Å². The largest absolute Gasteiger partial charge is 0.482 e. The molecule has 0 aromatic heterocycles. The fraction of sp³-hybridized carbons (Fsp3) is 0.421. The molecular weight excluding hydrogens is 391 g/mol. The molecule has 4 atom stereocenters. The highest BCUT2D eigenvalue weighted by molar-refractivity contribution is 6.35. The van der Waals surface area contributed by atoms with Gasteiger partial charge in [0, 0.05) is 5.02 Å². The van der Waals surface area contributed by atoms with Crippen LogP contribution < -0.4 is 10.2 Å². The summed E-state index contributed by atoms with van der Waals surface area (Å²) in [5.74, 6) is -1.37. The minimum atomic E-state index is -0.593. The first-order valence-electron chi connectivity index (χ1n) is 8.86. The molecule has 3 aliphatic carbocycles. The number of imide groups is 1. The molecule has 1 aromatic rings. The summed E-state index contributed by atoms with van der Waals surface area (Å²) in [6.45, 7) is -0.372. The Bertz CT molecular complexity index is 877. The van der Waals surface area contributed by atoms with Gasteiger partial charge >= 0.3 is 0 Å². The van der Waals surface area contributed by atoms with Gasteiger partial charge in [0.05, 0.1) is 16.9 Å². The molecule has 1 spiro atoms. The highest BCUT2D eigenvalue weighted by Crippen LogP contribution is 2.73. The molecule has 6 nitrogen and oxygen atoms in total. The fourth-order valence-electron chi connectivity index (χ4n) is 5.08. The van der Waals surface area contributed by atoms with Gasteiger partial charge in [-0.05, 0) is 48.3 Å². The number of ether oxygens (including phenoxy) is 1. The van der Waals surface area contributed by atoms with E-state index in [-0.39, 0.29) is 52.5 Å². The second-order valence-corrected chi connectivity index (χ2v) is 8.48. The van der Waals surface area contributed by atoms with E-state index in [1.165, 1.54) is 6.07 Å². The molecule has 0 radical (unpaired) electrons. The quantitative estimate of drug-likeness (QED) is 0.615. The first kappa shape index (κ1) is 17.1. The normalized spacial score (nSPS) is 31.6. The molecule has 3 fully saturated rings.